The van der Waals surface area contributed by atoms with E-state index in [1.807, 2.05) is 91.0 Å². The molecule has 3 saturated heterocycles. The Kier molecular flexibility index (Phi) is 14.3. The van der Waals surface area contributed by atoms with Gasteiger partial charge in [-0.2, -0.15) is 0 Å². The smallest absolute Gasteiger partial charge is 0.190 e. The molecule has 6 heterocycles. The lowest BCUT2D eigenvalue weighted by molar-refractivity contribution is 0.404. The van der Waals surface area contributed by atoms with Gasteiger partial charge in [-0.1, -0.05) is 42.0 Å². The quantitative estimate of drug-likeness (QED) is 0.129. The Morgan fingerprint density at radius 3 is 1.26 bits per heavy atom. The first-order valence-electron chi connectivity index (χ1n) is 25.4. The molecular formula is C61H62N6O6. The van der Waals surface area contributed by atoms with E-state index in [2.05, 4.69) is 66.9 Å². The van der Waals surface area contributed by atoms with Gasteiger partial charge >= 0.3 is 0 Å². The molecule has 0 unspecified atom stereocenters. The lowest BCUT2D eigenvalue weighted by Crippen LogP contribution is -2.17. The minimum atomic E-state index is -0.000306. The van der Waals surface area contributed by atoms with Crippen molar-refractivity contribution in [1.29, 1.82) is 0 Å². The van der Waals surface area contributed by atoms with E-state index >= 15 is 0 Å². The van der Waals surface area contributed by atoms with Crippen LogP contribution < -0.4 is 45.2 Å². The third kappa shape index (κ3) is 10.6. The van der Waals surface area contributed by atoms with Crippen molar-refractivity contribution in [3.63, 3.8) is 0 Å². The van der Waals surface area contributed by atoms with Gasteiger partial charge in [-0.15, -0.1) is 0 Å². The Bertz CT molecular complexity index is 3600. The van der Waals surface area contributed by atoms with Gasteiger partial charge in [-0.3, -0.25) is 14.4 Å². The maximum absolute atomic E-state index is 12.8. The molecule has 0 aliphatic carbocycles. The Morgan fingerprint density at radius 2 is 0.808 bits per heavy atom. The zero-order valence-corrected chi connectivity index (χ0v) is 42.1. The van der Waals surface area contributed by atoms with E-state index in [9.17, 15) is 14.4 Å². The number of benzene rings is 6. The van der Waals surface area contributed by atoms with Crippen LogP contribution >= 0.6 is 0 Å². The summed E-state index contributed by atoms with van der Waals surface area (Å²) in [6, 6.07) is 44.8. The van der Waals surface area contributed by atoms with Crippen LogP contribution in [0.15, 0.2) is 154 Å². The van der Waals surface area contributed by atoms with Crippen molar-refractivity contribution in [3.8, 4) is 51.0 Å². The number of aryl methyl sites for hydroxylation is 1. The lowest BCUT2D eigenvalue weighted by Gasteiger charge is -2.18. The van der Waals surface area contributed by atoms with Crippen molar-refractivity contribution in [2.24, 2.45) is 0 Å². The number of hydrogen-bond acceptors (Lipinski definition) is 9. The summed E-state index contributed by atoms with van der Waals surface area (Å²) >= 11 is 0. The third-order valence-electron chi connectivity index (χ3n) is 14.3. The number of methoxy groups -OCH3 is 3. The number of nitrogens with one attached hydrogen (secondary N) is 3. The summed E-state index contributed by atoms with van der Waals surface area (Å²) in [5.41, 5.74) is 12.4. The monoisotopic (exact) mass is 974 g/mol. The van der Waals surface area contributed by atoms with Gasteiger partial charge in [0, 0.05) is 124 Å². The number of aromatic amines is 3. The van der Waals surface area contributed by atoms with Crippen LogP contribution in [-0.4, -0.2) is 75.5 Å². The molecule has 12 rings (SSSR count). The second-order valence-corrected chi connectivity index (χ2v) is 19.0. The minimum Gasteiger partial charge on any atom is -0.497 e. The summed E-state index contributed by atoms with van der Waals surface area (Å²) in [5.74, 6) is 2.15. The van der Waals surface area contributed by atoms with Crippen molar-refractivity contribution in [2.45, 2.75) is 45.4 Å². The molecule has 0 spiro atoms. The van der Waals surface area contributed by atoms with E-state index in [1.165, 1.54) is 44.1 Å². The Morgan fingerprint density at radius 1 is 0.397 bits per heavy atom. The average molecular weight is 975 g/mol. The van der Waals surface area contributed by atoms with Crippen LogP contribution in [0.2, 0.25) is 0 Å². The maximum atomic E-state index is 12.8. The van der Waals surface area contributed by atoms with E-state index in [1.54, 1.807) is 39.5 Å². The first kappa shape index (κ1) is 48.4. The fraction of sp³-hybridized carbons (Fsp3) is 0.262. The second kappa shape index (κ2) is 21.6. The number of para-hydroxylation sites is 1. The standard InChI is InChI=1S/C21H22N2O3.C20H20N2O2.C20H20N2O/c1-25-15-6-8-21(26-2)17(12-15)19-13-20(24)16-11-14(5-7-18(16)22-19)23-9-3-4-10-23;1-24-20-7-3-2-6-15(20)18-13-19(23)16-12-14(8-9-17(16)21-18)22-10-4-5-11-22;1-14-4-6-15(7-5-14)19-13-20(23)17-12-16(8-9-18(17)21-19)22-10-2-3-11-22/h5-8,11-13H,3-4,9-10H2,1-2H3,(H,22,24);2-3,6-9,12-13H,4-5,10-11H2,1H3,(H,21,23);4-9,12-13H,2-3,10-11H2,1H3,(H,21,23). The topological polar surface area (TPSA) is 136 Å². The number of fused-ring (bicyclic) bond motifs is 3. The van der Waals surface area contributed by atoms with E-state index in [0.717, 1.165) is 117 Å². The highest BCUT2D eigenvalue weighted by Gasteiger charge is 2.18. The van der Waals surface area contributed by atoms with Crippen LogP contribution in [0.4, 0.5) is 17.1 Å². The summed E-state index contributed by atoms with van der Waals surface area (Å²) in [6.45, 7) is 8.50. The van der Waals surface area contributed by atoms with Gasteiger partial charge < -0.3 is 43.9 Å². The molecule has 3 N–H and O–H groups in total. The maximum Gasteiger partial charge on any atom is 0.190 e. The summed E-state index contributed by atoms with van der Waals surface area (Å²) in [7, 11) is 4.88. The predicted molar refractivity (Wildman–Crippen MR) is 299 cm³/mol. The second-order valence-electron chi connectivity index (χ2n) is 19.0. The molecule has 12 heteroatoms. The van der Waals surface area contributed by atoms with Crippen molar-refractivity contribution >= 4 is 49.8 Å². The average Bonchev–Trinajstić information content (AvgIpc) is 4.28. The molecule has 3 fully saturated rings. The van der Waals surface area contributed by atoms with Gasteiger partial charge in [-0.05, 0) is 136 Å². The number of anilines is 3. The Hall–Kier alpha value is -8.25. The number of aromatic nitrogens is 3. The molecule has 6 aromatic carbocycles. The van der Waals surface area contributed by atoms with Gasteiger partial charge in [0.1, 0.15) is 17.2 Å². The van der Waals surface area contributed by atoms with Crippen molar-refractivity contribution in [2.75, 3.05) is 75.3 Å². The molecule has 9 aromatic rings. The molecule has 3 aliphatic heterocycles. The summed E-state index contributed by atoms with van der Waals surface area (Å²) in [5, 5.41) is 2.21. The number of pyridine rings is 3. The van der Waals surface area contributed by atoms with E-state index < -0.39 is 0 Å². The molecule has 0 radical (unpaired) electrons. The van der Waals surface area contributed by atoms with Gasteiger partial charge in [0.2, 0.25) is 0 Å². The first-order chi connectivity index (χ1) is 35.7. The van der Waals surface area contributed by atoms with E-state index in [4.69, 9.17) is 14.2 Å². The van der Waals surface area contributed by atoms with Crippen LogP contribution in [0.25, 0.3) is 66.5 Å². The molecule has 73 heavy (non-hydrogen) atoms. The van der Waals surface area contributed by atoms with Gasteiger partial charge in [-0.25, -0.2) is 0 Å². The fourth-order valence-electron chi connectivity index (χ4n) is 10.3. The van der Waals surface area contributed by atoms with Crippen LogP contribution in [0.3, 0.4) is 0 Å². The van der Waals surface area contributed by atoms with Gasteiger partial charge in [0.25, 0.3) is 0 Å². The van der Waals surface area contributed by atoms with Crippen molar-refractivity contribution in [3.05, 3.63) is 176 Å². The van der Waals surface area contributed by atoms with E-state index in [0.29, 0.717) is 22.6 Å². The molecule has 3 aromatic heterocycles. The molecule has 3 aliphatic rings. The molecule has 12 nitrogen and oxygen atoms in total. The molecule has 0 bridgehead atoms. The van der Waals surface area contributed by atoms with Crippen LogP contribution in [0.1, 0.15) is 44.1 Å². The number of H-pyrrole nitrogens is 3. The number of hydrogen-bond donors (Lipinski definition) is 3. The van der Waals surface area contributed by atoms with Crippen molar-refractivity contribution in [1.82, 2.24) is 15.0 Å². The van der Waals surface area contributed by atoms with Crippen molar-refractivity contribution < 1.29 is 14.2 Å². The number of rotatable bonds is 9. The minimum absolute atomic E-state index is 0.000306. The largest absolute Gasteiger partial charge is 0.497 e. The van der Waals surface area contributed by atoms with Gasteiger partial charge in [0.05, 0.1) is 32.7 Å². The number of ether oxygens (including phenoxy) is 3. The van der Waals surface area contributed by atoms with Gasteiger partial charge in [0.15, 0.2) is 16.3 Å². The SMILES string of the molecule is COc1ccc(OC)c(-c2cc(=O)c3cc(N4CCCC4)ccc3[nH]2)c1.COc1ccccc1-c1cc(=O)c2cc(N3CCCC3)ccc2[nH]1.Cc1ccc(-c2cc(=O)c3cc(N4CCCC4)ccc3[nH]2)cc1. The summed E-state index contributed by atoms with van der Waals surface area (Å²) in [6.07, 6.45) is 7.34. The highest BCUT2D eigenvalue weighted by atomic mass is 16.5. The molecule has 372 valence electrons. The molecule has 0 atom stereocenters. The fourth-order valence-corrected chi connectivity index (χ4v) is 10.3. The first-order valence-corrected chi connectivity index (χ1v) is 25.4. The highest BCUT2D eigenvalue weighted by molar-refractivity contribution is 5.88. The Labute approximate surface area is 424 Å². The van der Waals surface area contributed by atoms with Crippen LogP contribution in [0.5, 0.6) is 17.2 Å². The predicted octanol–water partition coefficient (Wildman–Crippen LogP) is 11.7. The zero-order valence-electron chi connectivity index (χ0n) is 42.1. The highest BCUT2D eigenvalue weighted by Crippen LogP contribution is 2.34. The normalized spacial score (nSPS) is 14.3. The molecular weight excluding hydrogens is 913 g/mol. The van der Waals surface area contributed by atoms with Crippen LogP contribution in [0, 0.1) is 6.92 Å². The zero-order chi connectivity index (χ0) is 50.4. The number of nitrogens with zero attached hydrogens (tertiary/aromatic N) is 3. The molecule has 0 amide bonds. The van der Waals surface area contributed by atoms with E-state index in [-0.39, 0.29) is 16.3 Å². The third-order valence-corrected chi connectivity index (χ3v) is 14.3. The Balaban J connectivity index is 0.000000126. The summed E-state index contributed by atoms with van der Waals surface area (Å²) in [4.78, 5) is 55.2. The van der Waals surface area contributed by atoms with Crippen LogP contribution in [-0.2, 0) is 0 Å². The molecule has 0 saturated carbocycles. The lowest BCUT2D eigenvalue weighted by atomic mass is 10.1. The summed E-state index contributed by atoms with van der Waals surface area (Å²) < 4.78 is 16.2.